The molecule has 0 unspecified atom stereocenters. The Kier molecular flexibility index (Phi) is 3.78. The highest BCUT2D eigenvalue weighted by Gasteiger charge is 2.32. The van der Waals surface area contributed by atoms with Gasteiger partial charge in [-0.05, 0) is 14.0 Å². The van der Waals surface area contributed by atoms with Crippen LogP contribution in [0.15, 0.2) is 0 Å². The molecule has 0 aromatic heterocycles. The van der Waals surface area contributed by atoms with Gasteiger partial charge < -0.3 is 19.7 Å². The number of ether oxygens (including phenoxy) is 2. The Morgan fingerprint density at radius 3 is 3.00 bits per heavy atom. The number of carbonyl (C=O) groups excluding carboxylic acids is 1. The lowest BCUT2D eigenvalue weighted by Crippen LogP contribution is -2.47. The van der Waals surface area contributed by atoms with Crippen molar-refractivity contribution in [3.63, 3.8) is 0 Å². The van der Waals surface area contributed by atoms with Gasteiger partial charge in [0.2, 0.25) is 0 Å². The molecule has 1 N–H and O–H groups in total. The molecule has 0 radical (unpaired) electrons. The van der Waals surface area contributed by atoms with Crippen molar-refractivity contribution in [2.75, 3.05) is 33.3 Å². The van der Waals surface area contributed by atoms with E-state index in [1.807, 2.05) is 6.92 Å². The smallest absolute Gasteiger partial charge is 0.323 e. The number of cyclic esters (lactones) is 1. The molecule has 92 valence electrons. The third-order valence-corrected chi connectivity index (χ3v) is 3.10. The Morgan fingerprint density at radius 1 is 1.56 bits per heavy atom. The molecular formula is C11H20N2O3. The quantitative estimate of drug-likeness (QED) is 0.667. The van der Waals surface area contributed by atoms with Crippen molar-refractivity contribution < 1.29 is 14.3 Å². The standard InChI is InChI=1S/C11H20N2O3/c1-8-5-10(11(14)16-8)12-6-9-7-13(2)3-4-15-9/h8-10,12H,3-7H2,1-2H3/t8-,9+,10+/m1/s1. The minimum Gasteiger partial charge on any atom is -0.461 e. The summed E-state index contributed by atoms with van der Waals surface area (Å²) in [6.07, 6.45) is 0.990. The second kappa shape index (κ2) is 5.12. The van der Waals surface area contributed by atoms with E-state index in [-0.39, 0.29) is 24.2 Å². The van der Waals surface area contributed by atoms with E-state index in [2.05, 4.69) is 17.3 Å². The van der Waals surface area contributed by atoms with Gasteiger partial charge in [-0.15, -0.1) is 0 Å². The number of hydrogen-bond donors (Lipinski definition) is 1. The molecule has 5 heteroatoms. The third kappa shape index (κ3) is 2.93. The van der Waals surface area contributed by atoms with Crippen LogP contribution in [0.2, 0.25) is 0 Å². The summed E-state index contributed by atoms with van der Waals surface area (Å²) in [5.41, 5.74) is 0. The highest BCUT2D eigenvalue weighted by Crippen LogP contribution is 2.14. The van der Waals surface area contributed by atoms with Gasteiger partial charge in [0.1, 0.15) is 12.1 Å². The molecule has 0 aliphatic carbocycles. The molecule has 16 heavy (non-hydrogen) atoms. The molecular weight excluding hydrogens is 208 g/mol. The number of esters is 1. The lowest BCUT2D eigenvalue weighted by molar-refractivity contribution is -0.142. The number of hydrogen-bond acceptors (Lipinski definition) is 5. The van der Waals surface area contributed by atoms with Crippen LogP contribution in [-0.2, 0) is 14.3 Å². The zero-order chi connectivity index (χ0) is 11.5. The minimum absolute atomic E-state index is 0.0416. The molecule has 2 aliphatic heterocycles. The van der Waals surface area contributed by atoms with Gasteiger partial charge in [0.15, 0.2) is 0 Å². The number of likely N-dealkylation sites (N-methyl/N-ethyl adjacent to an activating group) is 1. The van der Waals surface area contributed by atoms with E-state index in [1.165, 1.54) is 0 Å². The largest absolute Gasteiger partial charge is 0.461 e. The van der Waals surface area contributed by atoms with E-state index in [0.29, 0.717) is 0 Å². The Hall–Kier alpha value is -0.650. The van der Waals surface area contributed by atoms with Crippen molar-refractivity contribution in [2.45, 2.75) is 31.6 Å². The summed E-state index contributed by atoms with van der Waals surface area (Å²) in [6, 6.07) is -0.147. The van der Waals surface area contributed by atoms with Crippen LogP contribution in [0.25, 0.3) is 0 Å². The van der Waals surface area contributed by atoms with Gasteiger partial charge in [-0.25, -0.2) is 0 Å². The van der Waals surface area contributed by atoms with Crippen molar-refractivity contribution in [3.8, 4) is 0 Å². The van der Waals surface area contributed by atoms with Crippen LogP contribution in [0.4, 0.5) is 0 Å². The van der Waals surface area contributed by atoms with E-state index >= 15 is 0 Å². The molecule has 0 bridgehead atoms. The number of nitrogens with one attached hydrogen (secondary N) is 1. The first-order valence-electron chi connectivity index (χ1n) is 5.89. The summed E-state index contributed by atoms with van der Waals surface area (Å²) in [7, 11) is 2.08. The summed E-state index contributed by atoms with van der Waals surface area (Å²) in [5.74, 6) is -0.128. The van der Waals surface area contributed by atoms with Crippen LogP contribution in [0.5, 0.6) is 0 Å². The van der Waals surface area contributed by atoms with Crippen molar-refractivity contribution >= 4 is 5.97 Å². The molecule has 5 nitrogen and oxygen atoms in total. The SMILES string of the molecule is C[C@@H]1C[C@H](NC[C@H]2CN(C)CCO2)C(=O)O1. The fraction of sp³-hybridized carbons (Fsp3) is 0.909. The maximum Gasteiger partial charge on any atom is 0.323 e. The second-order valence-corrected chi connectivity index (χ2v) is 4.70. The topological polar surface area (TPSA) is 50.8 Å². The number of rotatable bonds is 3. The first-order chi connectivity index (χ1) is 7.65. The molecule has 2 aliphatic rings. The molecule has 0 amide bonds. The molecule has 0 spiro atoms. The maximum atomic E-state index is 11.4. The molecule has 2 rings (SSSR count). The van der Waals surface area contributed by atoms with Gasteiger partial charge >= 0.3 is 5.97 Å². The highest BCUT2D eigenvalue weighted by atomic mass is 16.6. The van der Waals surface area contributed by atoms with E-state index in [9.17, 15) is 4.79 Å². The van der Waals surface area contributed by atoms with Gasteiger partial charge in [0, 0.05) is 26.1 Å². The van der Waals surface area contributed by atoms with Crippen LogP contribution in [0, 0.1) is 0 Å². The first-order valence-corrected chi connectivity index (χ1v) is 5.89. The van der Waals surface area contributed by atoms with Gasteiger partial charge in [0.05, 0.1) is 12.7 Å². The number of carbonyl (C=O) groups is 1. The van der Waals surface area contributed by atoms with Crippen molar-refractivity contribution in [1.29, 1.82) is 0 Å². The molecule has 2 heterocycles. The molecule has 0 aromatic rings. The molecule has 2 saturated heterocycles. The predicted molar refractivity (Wildman–Crippen MR) is 59.2 cm³/mol. The van der Waals surface area contributed by atoms with Gasteiger partial charge in [-0.2, -0.15) is 0 Å². The van der Waals surface area contributed by atoms with Crippen LogP contribution in [0.3, 0.4) is 0 Å². The van der Waals surface area contributed by atoms with Crippen LogP contribution in [-0.4, -0.2) is 62.4 Å². The number of morpholine rings is 1. The third-order valence-electron chi connectivity index (χ3n) is 3.10. The fourth-order valence-corrected chi connectivity index (χ4v) is 2.19. The molecule has 3 atom stereocenters. The lowest BCUT2D eigenvalue weighted by Gasteiger charge is -2.30. The van der Waals surface area contributed by atoms with Crippen LogP contribution in [0.1, 0.15) is 13.3 Å². The Bertz CT molecular complexity index is 260. The Balaban J connectivity index is 1.72. The van der Waals surface area contributed by atoms with E-state index < -0.39 is 0 Å². The average molecular weight is 228 g/mol. The van der Waals surface area contributed by atoms with E-state index in [0.717, 1.165) is 32.7 Å². The Morgan fingerprint density at radius 2 is 2.38 bits per heavy atom. The first kappa shape index (κ1) is 11.8. The predicted octanol–water partition coefficient (Wildman–Crippen LogP) is -0.389. The molecule has 2 fully saturated rings. The van der Waals surface area contributed by atoms with Crippen molar-refractivity contribution in [1.82, 2.24) is 10.2 Å². The van der Waals surface area contributed by atoms with Crippen molar-refractivity contribution in [3.05, 3.63) is 0 Å². The van der Waals surface area contributed by atoms with Gasteiger partial charge in [0.25, 0.3) is 0 Å². The summed E-state index contributed by atoms with van der Waals surface area (Å²) in [6.45, 7) is 5.32. The van der Waals surface area contributed by atoms with E-state index in [4.69, 9.17) is 9.47 Å². The lowest BCUT2D eigenvalue weighted by atomic mass is 10.2. The van der Waals surface area contributed by atoms with Gasteiger partial charge in [-0.3, -0.25) is 4.79 Å². The Labute approximate surface area is 96.1 Å². The average Bonchev–Trinajstić information content (AvgIpc) is 2.54. The second-order valence-electron chi connectivity index (χ2n) is 4.70. The number of nitrogens with zero attached hydrogens (tertiary/aromatic N) is 1. The van der Waals surface area contributed by atoms with Crippen molar-refractivity contribution in [2.24, 2.45) is 0 Å². The molecule has 0 saturated carbocycles. The minimum atomic E-state index is -0.147. The summed E-state index contributed by atoms with van der Waals surface area (Å²) >= 11 is 0. The monoisotopic (exact) mass is 228 g/mol. The zero-order valence-corrected chi connectivity index (χ0v) is 9.94. The maximum absolute atomic E-state index is 11.4. The zero-order valence-electron chi connectivity index (χ0n) is 9.94. The summed E-state index contributed by atoms with van der Waals surface area (Å²) in [4.78, 5) is 13.6. The molecule has 0 aromatic carbocycles. The fourth-order valence-electron chi connectivity index (χ4n) is 2.19. The van der Waals surface area contributed by atoms with E-state index in [1.54, 1.807) is 0 Å². The highest BCUT2D eigenvalue weighted by molar-refractivity contribution is 5.77. The van der Waals surface area contributed by atoms with Gasteiger partial charge in [-0.1, -0.05) is 0 Å². The normalized spacial score (nSPS) is 36.4. The summed E-state index contributed by atoms with van der Waals surface area (Å²) < 4.78 is 10.7. The summed E-state index contributed by atoms with van der Waals surface area (Å²) in [5, 5.41) is 3.23. The van der Waals surface area contributed by atoms with Crippen LogP contribution >= 0.6 is 0 Å². The van der Waals surface area contributed by atoms with Crippen LogP contribution < -0.4 is 5.32 Å².